The second-order valence-corrected chi connectivity index (χ2v) is 5.52. The number of methoxy groups -OCH3 is 1. The number of hydrogen-bond acceptors (Lipinski definition) is 4. The van der Waals surface area contributed by atoms with Crippen molar-refractivity contribution in [2.45, 2.75) is 26.3 Å². The Bertz CT molecular complexity index is 535. The van der Waals surface area contributed by atoms with Crippen LogP contribution in [0.4, 0.5) is 5.69 Å². The van der Waals surface area contributed by atoms with Gasteiger partial charge in [0.05, 0.1) is 12.8 Å². The fourth-order valence-electron chi connectivity index (χ4n) is 1.69. The van der Waals surface area contributed by atoms with Crippen LogP contribution in [0.25, 0.3) is 0 Å². The third-order valence-electron chi connectivity index (χ3n) is 3.29. The summed E-state index contributed by atoms with van der Waals surface area (Å²) in [6, 6.07) is 4.72. The fourth-order valence-corrected chi connectivity index (χ4v) is 1.86. The number of nitrogens with two attached hydrogens (primary N) is 1. The Morgan fingerprint density at radius 2 is 2.05 bits per heavy atom. The first-order valence-electron chi connectivity index (χ1n) is 7.01. The zero-order valence-corrected chi connectivity index (χ0v) is 13.7. The van der Waals surface area contributed by atoms with E-state index in [0.29, 0.717) is 16.5 Å². The predicted molar refractivity (Wildman–Crippen MR) is 87.1 cm³/mol. The zero-order valence-electron chi connectivity index (χ0n) is 13.0. The summed E-state index contributed by atoms with van der Waals surface area (Å²) in [6.07, 6.45) is 0.146. The minimum absolute atomic E-state index is 0.146. The Labute approximate surface area is 135 Å². The lowest BCUT2D eigenvalue weighted by atomic mass is 10.0. The first-order chi connectivity index (χ1) is 10.3. The van der Waals surface area contributed by atoms with Crippen LogP contribution in [-0.2, 0) is 9.59 Å². The number of nitrogens with one attached hydrogen (secondary N) is 2. The van der Waals surface area contributed by atoms with Gasteiger partial charge in [-0.3, -0.25) is 9.59 Å². The molecule has 1 aromatic carbocycles. The number of halogens is 1. The Morgan fingerprint density at radius 3 is 2.64 bits per heavy atom. The number of amides is 2. The van der Waals surface area contributed by atoms with E-state index < -0.39 is 0 Å². The van der Waals surface area contributed by atoms with Crippen molar-refractivity contribution >= 4 is 29.1 Å². The average Bonchev–Trinajstić information content (AvgIpc) is 2.46. The van der Waals surface area contributed by atoms with Gasteiger partial charge in [-0.05, 0) is 25.1 Å². The molecule has 0 fully saturated rings. The highest BCUT2D eigenvalue weighted by molar-refractivity contribution is 6.31. The van der Waals surface area contributed by atoms with E-state index in [1.165, 1.54) is 7.11 Å². The molecule has 0 aliphatic carbocycles. The molecule has 0 saturated heterocycles. The summed E-state index contributed by atoms with van der Waals surface area (Å²) in [5, 5.41) is 5.88. The number of carbonyl (C=O) groups is 2. The van der Waals surface area contributed by atoms with E-state index >= 15 is 0 Å². The summed E-state index contributed by atoms with van der Waals surface area (Å²) in [4.78, 5) is 23.6. The molecule has 1 aromatic rings. The lowest BCUT2D eigenvalue weighted by molar-refractivity contribution is -0.125. The third kappa shape index (κ3) is 5.54. The zero-order chi connectivity index (χ0) is 16.7. The summed E-state index contributed by atoms with van der Waals surface area (Å²) in [5.41, 5.74) is 6.15. The van der Waals surface area contributed by atoms with Crippen molar-refractivity contribution in [1.82, 2.24) is 5.32 Å². The van der Waals surface area contributed by atoms with Gasteiger partial charge in [0.25, 0.3) is 0 Å². The first kappa shape index (κ1) is 18.3. The van der Waals surface area contributed by atoms with E-state index in [1.807, 2.05) is 0 Å². The summed E-state index contributed by atoms with van der Waals surface area (Å²) in [7, 11) is 1.51. The molecule has 2 unspecified atom stereocenters. The van der Waals surface area contributed by atoms with E-state index in [0.717, 1.165) is 0 Å². The maximum Gasteiger partial charge on any atom is 0.226 e. The minimum atomic E-state index is -0.295. The lowest BCUT2D eigenvalue weighted by Gasteiger charge is -2.15. The molecule has 7 heteroatoms. The highest BCUT2D eigenvalue weighted by atomic mass is 35.5. The minimum Gasteiger partial charge on any atom is -0.495 e. The topological polar surface area (TPSA) is 93.5 Å². The molecular weight excluding hydrogens is 306 g/mol. The second kappa shape index (κ2) is 8.60. The molecular formula is C15H22ClN3O3. The van der Waals surface area contributed by atoms with Crippen molar-refractivity contribution < 1.29 is 14.3 Å². The number of rotatable bonds is 7. The second-order valence-electron chi connectivity index (χ2n) is 5.08. The number of hydrogen-bond donors (Lipinski definition) is 3. The number of ether oxygens (including phenoxy) is 1. The molecule has 0 aliphatic heterocycles. The van der Waals surface area contributed by atoms with Gasteiger partial charge in [-0.15, -0.1) is 0 Å². The van der Waals surface area contributed by atoms with Crippen LogP contribution in [0, 0.1) is 5.92 Å². The van der Waals surface area contributed by atoms with E-state index in [1.54, 1.807) is 32.0 Å². The Balaban J connectivity index is 2.47. The molecule has 0 heterocycles. The quantitative estimate of drug-likeness (QED) is 0.711. The van der Waals surface area contributed by atoms with Crippen LogP contribution in [-0.4, -0.2) is 31.5 Å². The van der Waals surface area contributed by atoms with Crippen LogP contribution in [0.3, 0.4) is 0 Å². The van der Waals surface area contributed by atoms with Gasteiger partial charge in [0.1, 0.15) is 5.75 Å². The molecule has 122 valence electrons. The predicted octanol–water partition coefficient (Wildman–Crippen LogP) is 1.78. The molecule has 2 amide bonds. The van der Waals surface area contributed by atoms with Crippen molar-refractivity contribution in [3.63, 3.8) is 0 Å². The van der Waals surface area contributed by atoms with Crippen LogP contribution < -0.4 is 21.1 Å². The molecule has 2 atom stereocenters. The smallest absolute Gasteiger partial charge is 0.226 e. The summed E-state index contributed by atoms with van der Waals surface area (Å²) in [5.74, 6) is -0.180. The standard InChI is InChI=1S/C15H22ClN3O3/c1-9(10(2)17)15(21)18-7-6-14(20)19-12-8-11(16)4-5-13(12)22-3/h4-5,8-10H,6-7,17H2,1-3H3,(H,18,21)(H,19,20). The molecule has 0 aromatic heterocycles. The van der Waals surface area contributed by atoms with Gasteiger partial charge in [0.15, 0.2) is 0 Å². The van der Waals surface area contributed by atoms with Gasteiger partial charge in [-0.2, -0.15) is 0 Å². The van der Waals surface area contributed by atoms with Gasteiger partial charge < -0.3 is 21.1 Å². The average molecular weight is 328 g/mol. The van der Waals surface area contributed by atoms with Gasteiger partial charge >= 0.3 is 0 Å². The molecule has 0 aliphatic rings. The fraction of sp³-hybridized carbons (Fsp3) is 0.467. The maximum atomic E-state index is 11.9. The highest BCUT2D eigenvalue weighted by Gasteiger charge is 2.16. The molecule has 0 bridgehead atoms. The molecule has 0 radical (unpaired) electrons. The van der Waals surface area contributed by atoms with E-state index in [-0.39, 0.29) is 36.7 Å². The van der Waals surface area contributed by atoms with Crippen molar-refractivity contribution in [2.24, 2.45) is 11.7 Å². The van der Waals surface area contributed by atoms with E-state index in [9.17, 15) is 9.59 Å². The van der Waals surface area contributed by atoms with Crippen molar-refractivity contribution in [2.75, 3.05) is 19.0 Å². The number of benzene rings is 1. The SMILES string of the molecule is COc1ccc(Cl)cc1NC(=O)CCNC(=O)C(C)C(C)N. The van der Waals surface area contributed by atoms with Crippen LogP contribution in [0.2, 0.25) is 5.02 Å². The monoisotopic (exact) mass is 327 g/mol. The van der Waals surface area contributed by atoms with Crippen molar-refractivity contribution in [3.05, 3.63) is 23.2 Å². The van der Waals surface area contributed by atoms with Gasteiger partial charge in [0, 0.05) is 29.9 Å². The Kier molecular flexibility index (Phi) is 7.14. The van der Waals surface area contributed by atoms with Crippen LogP contribution in [0.15, 0.2) is 18.2 Å². The summed E-state index contributed by atoms with van der Waals surface area (Å²) in [6.45, 7) is 3.75. The lowest BCUT2D eigenvalue weighted by Crippen LogP contribution is -2.39. The van der Waals surface area contributed by atoms with Crippen LogP contribution >= 0.6 is 11.6 Å². The van der Waals surface area contributed by atoms with Gasteiger partial charge in [-0.1, -0.05) is 18.5 Å². The van der Waals surface area contributed by atoms with Crippen molar-refractivity contribution in [1.29, 1.82) is 0 Å². The number of carbonyl (C=O) groups excluding carboxylic acids is 2. The van der Waals surface area contributed by atoms with E-state index in [4.69, 9.17) is 22.1 Å². The Morgan fingerprint density at radius 1 is 1.36 bits per heavy atom. The third-order valence-corrected chi connectivity index (χ3v) is 3.52. The van der Waals surface area contributed by atoms with Crippen molar-refractivity contribution in [3.8, 4) is 5.75 Å². The van der Waals surface area contributed by atoms with E-state index in [2.05, 4.69) is 10.6 Å². The summed E-state index contributed by atoms with van der Waals surface area (Å²) < 4.78 is 5.14. The molecule has 0 spiro atoms. The molecule has 0 saturated carbocycles. The Hall–Kier alpha value is -1.79. The first-order valence-corrected chi connectivity index (χ1v) is 7.39. The van der Waals surface area contributed by atoms with Crippen LogP contribution in [0.5, 0.6) is 5.75 Å². The largest absolute Gasteiger partial charge is 0.495 e. The number of anilines is 1. The molecule has 1 rings (SSSR count). The van der Waals surface area contributed by atoms with Gasteiger partial charge in [-0.25, -0.2) is 0 Å². The normalized spacial score (nSPS) is 13.1. The highest BCUT2D eigenvalue weighted by Crippen LogP contribution is 2.27. The molecule has 4 N–H and O–H groups in total. The molecule has 6 nitrogen and oxygen atoms in total. The van der Waals surface area contributed by atoms with Crippen LogP contribution in [0.1, 0.15) is 20.3 Å². The maximum absolute atomic E-state index is 11.9. The molecule has 22 heavy (non-hydrogen) atoms. The van der Waals surface area contributed by atoms with Gasteiger partial charge in [0.2, 0.25) is 11.8 Å². The summed E-state index contributed by atoms with van der Waals surface area (Å²) >= 11 is 5.89.